The van der Waals surface area contributed by atoms with Crippen molar-refractivity contribution in [1.29, 1.82) is 5.26 Å². The summed E-state index contributed by atoms with van der Waals surface area (Å²) < 4.78 is 6.05. The first-order valence-electron chi connectivity index (χ1n) is 9.44. The normalized spacial score (nSPS) is 20.9. The van der Waals surface area contributed by atoms with E-state index >= 15 is 0 Å². The summed E-state index contributed by atoms with van der Waals surface area (Å²) in [6.07, 6.45) is 7.96. The fourth-order valence-corrected chi connectivity index (χ4v) is 3.50. The van der Waals surface area contributed by atoms with E-state index in [4.69, 9.17) is 15.7 Å². The van der Waals surface area contributed by atoms with Gasteiger partial charge in [0.15, 0.2) is 0 Å². The number of ether oxygens (including phenoxy) is 1. The van der Waals surface area contributed by atoms with Crippen LogP contribution in [-0.4, -0.2) is 19.0 Å². The Morgan fingerprint density at radius 3 is 2.32 bits per heavy atom. The number of carbonyl (C=O) groups excluding carboxylic acids is 1. The van der Waals surface area contributed by atoms with Crippen molar-refractivity contribution in [3.05, 3.63) is 78.0 Å². The summed E-state index contributed by atoms with van der Waals surface area (Å²) in [5.74, 6) is 1.71. The summed E-state index contributed by atoms with van der Waals surface area (Å²) in [6, 6.07) is 16.7. The van der Waals surface area contributed by atoms with E-state index in [-0.39, 0.29) is 16.3 Å². The van der Waals surface area contributed by atoms with Crippen LogP contribution in [0.1, 0.15) is 18.4 Å². The molecule has 2 aliphatic rings. The molecule has 1 saturated carbocycles. The average molecular weight is 372 g/mol. The van der Waals surface area contributed by atoms with Crippen molar-refractivity contribution < 1.29 is 9.53 Å². The van der Waals surface area contributed by atoms with Gasteiger partial charge in [-0.3, -0.25) is 0 Å². The van der Waals surface area contributed by atoms with Crippen LogP contribution in [0.15, 0.2) is 72.5 Å². The molecule has 1 atom stereocenters. The highest BCUT2D eigenvalue weighted by Crippen LogP contribution is 2.39. The Hall–Kier alpha value is -3.20. The van der Waals surface area contributed by atoms with Gasteiger partial charge in [0.05, 0.1) is 17.6 Å². The van der Waals surface area contributed by atoms with Crippen LogP contribution in [0.4, 0.5) is 5.69 Å². The van der Waals surface area contributed by atoms with Gasteiger partial charge < -0.3 is 10.5 Å². The minimum Gasteiger partial charge on any atom is -0.457 e. The first-order valence-corrected chi connectivity index (χ1v) is 9.44. The number of nitrogens with zero attached hydrogens (tertiary/aromatic N) is 2. The number of hydrogen-bond acceptors (Lipinski definition) is 4. The lowest BCUT2D eigenvalue weighted by molar-refractivity contribution is -0.129. The zero-order chi connectivity index (χ0) is 19.6. The summed E-state index contributed by atoms with van der Waals surface area (Å²) >= 11 is 0. The zero-order valence-corrected chi connectivity index (χ0v) is 15.5. The molecule has 2 N–H and O–H groups in total. The van der Waals surface area contributed by atoms with Gasteiger partial charge >= 0.3 is 5.91 Å². The van der Waals surface area contributed by atoms with Gasteiger partial charge in [0.2, 0.25) is 0 Å². The van der Waals surface area contributed by atoms with Crippen LogP contribution in [-0.2, 0) is 4.79 Å². The number of carbonyl (C=O) groups is 1. The van der Waals surface area contributed by atoms with Gasteiger partial charge in [0, 0.05) is 24.3 Å². The highest BCUT2D eigenvalue weighted by Gasteiger charge is 2.47. The van der Waals surface area contributed by atoms with E-state index in [1.54, 1.807) is 24.3 Å². The second-order valence-corrected chi connectivity index (χ2v) is 7.21. The molecule has 0 radical (unpaired) electrons. The maximum atomic E-state index is 13.2. The molecule has 28 heavy (non-hydrogen) atoms. The molecule has 0 spiro atoms. The predicted molar refractivity (Wildman–Crippen MR) is 108 cm³/mol. The summed E-state index contributed by atoms with van der Waals surface area (Å²) in [5.41, 5.74) is 8.32. The molecule has 1 unspecified atom stereocenters. The molecule has 0 bridgehead atoms. The van der Waals surface area contributed by atoms with E-state index in [0.29, 0.717) is 30.2 Å². The maximum Gasteiger partial charge on any atom is 0.326 e. The number of nitriles is 1. The highest BCUT2D eigenvalue weighted by molar-refractivity contribution is 5.94. The van der Waals surface area contributed by atoms with Crippen LogP contribution >= 0.6 is 0 Å². The molecule has 1 fully saturated rings. The average Bonchev–Trinajstić information content (AvgIpc) is 3.59. The van der Waals surface area contributed by atoms with Crippen molar-refractivity contribution in [3.8, 4) is 17.6 Å². The van der Waals surface area contributed by atoms with Crippen LogP contribution in [0, 0.1) is 17.2 Å². The van der Waals surface area contributed by atoms with Gasteiger partial charge in [-0.1, -0.05) is 6.08 Å². The number of amides is 1. The van der Waals surface area contributed by atoms with E-state index in [2.05, 4.69) is 6.07 Å². The van der Waals surface area contributed by atoms with E-state index in [0.717, 1.165) is 24.1 Å². The van der Waals surface area contributed by atoms with Crippen LogP contribution in [0.2, 0.25) is 0 Å². The Kier molecular flexibility index (Phi) is 4.82. The Labute approximate surface area is 164 Å². The molecule has 1 amide bonds. The van der Waals surface area contributed by atoms with E-state index in [9.17, 15) is 4.79 Å². The molecule has 2 aromatic rings. The van der Waals surface area contributed by atoms with Gasteiger partial charge in [-0.15, -0.1) is 0 Å². The Morgan fingerprint density at radius 1 is 1.11 bits per heavy atom. The first-order chi connectivity index (χ1) is 13.6. The number of rotatable bonds is 5. The molecule has 1 aliphatic carbocycles. The molecule has 0 saturated heterocycles. The molecule has 5 nitrogen and oxygen atoms in total. The summed E-state index contributed by atoms with van der Waals surface area (Å²) in [7, 11) is 0. The first kappa shape index (κ1) is 18.2. The summed E-state index contributed by atoms with van der Waals surface area (Å²) in [4.78, 5) is 13.2. The van der Waals surface area contributed by atoms with Crippen molar-refractivity contribution in [2.45, 2.75) is 12.8 Å². The van der Waals surface area contributed by atoms with Crippen molar-refractivity contribution in [2.75, 3.05) is 13.1 Å². The smallest absolute Gasteiger partial charge is 0.326 e. The largest absolute Gasteiger partial charge is 0.457 e. The third kappa shape index (κ3) is 3.48. The molecule has 2 aromatic carbocycles. The molecule has 4 rings (SSSR count). The molecule has 5 heteroatoms. The van der Waals surface area contributed by atoms with E-state index in [1.807, 2.05) is 42.6 Å². The van der Waals surface area contributed by atoms with Crippen molar-refractivity contribution in [3.63, 3.8) is 0 Å². The molecule has 1 aliphatic heterocycles. The van der Waals surface area contributed by atoms with Crippen LogP contribution in [0.25, 0.3) is 0 Å². The SMILES string of the molecule is N#Cc1ccc(Oc2ccc([N+]3(C(=O)C4CC4)C=C(CN)C=CC3)cc2)cc1. The molecular formula is C23H22N3O2+. The summed E-state index contributed by atoms with van der Waals surface area (Å²) in [5, 5.41) is 8.88. The maximum absolute atomic E-state index is 13.2. The Morgan fingerprint density at radius 2 is 1.75 bits per heavy atom. The third-order valence-corrected chi connectivity index (χ3v) is 5.18. The predicted octanol–water partition coefficient (Wildman–Crippen LogP) is 4.01. The Balaban J connectivity index is 1.61. The number of benzene rings is 2. The van der Waals surface area contributed by atoms with E-state index < -0.39 is 0 Å². The second kappa shape index (κ2) is 7.43. The van der Waals surface area contributed by atoms with Crippen molar-refractivity contribution >= 4 is 11.6 Å². The topological polar surface area (TPSA) is 76.1 Å². The van der Waals surface area contributed by atoms with E-state index in [1.165, 1.54) is 0 Å². The van der Waals surface area contributed by atoms with Gasteiger partial charge in [-0.25, -0.2) is 4.79 Å². The third-order valence-electron chi connectivity index (χ3n) is 5.18. The van der Waals surface area contributed by atoms with Gasteiger partial charge in [0.1, 0.15) is 29.9 Å². The van der Waals surface area contributed by atoms with Gasteiger partial charge in [-0.05, 0) is 55.3 Å². The molecular weight excluding hydrogens is 350 g/mol. The highest BCUT2D eigenvalue weighted by atomic mass is 16.5. The molecule has 140 valence electrons. The lowest BCUT2D eigenvalue weighted by Crippen LogP contribution is -2.52. The van der Waals surface area contributed by atoms with Crippen LogP contribution in [0.5, 0.6) is 11.5 Å². The van der Waals surface area contributed by atoms with Crippen molar-refractivity contribution in [1.82, 2.24) is 4.48 Å². The van der Waals surface area contributed by atoms with Crippen LogP contribution < -0.4 is 15.0 Å². The monoisotopic (exact) mass is 372 g/mol. The number of hydrogen-bond donors (Lipinski definition) is 1. The molecule has 1 heterocycles. The quantitative estimate of drug-likeness (QED) is 0.805. The number of nitrogens with two attached hydrogens (primary N) is 1. The lowest BCUT2D eigenvalue weighted by Gasteiger charge is -2.33. The minimum absolute atomic E-state index is 0.136. The summed E-state index contributed by atoms with van der Waals surface area (Å²) in [6.45, 7) is 1.02. The fourth-order valence-electron chi connectivity index (χ4n) is 3.50. The number of quaternary nitrogens is 1. The molecule has 0 aromatic heterocycles. The zero-order valence-electron chi connectivity index (χ0n) is 15.5. The van der Waals surface area contributed by atoms with Crippen molar-refractivity contribution in [2.24, 2.45) is 11.7 Å². The second-order valence-electron chi connectivity index (χ2n) is 7.21. The van der Waals surface area contributed by atoms with Gasteiger partial charge in [0.25, 0.3) is 0 Å². The minimum atomic E-state index is 0.136. The van der Waals surface area contributed by atoms with Crippen LogP contribution in [0.3, 0.4) is 0 Å². The standard InChI is InChI=1S/C23H22N3O2/c24-14-17-3-9-21(10-4-17)28-22-11-7-20(8-12-22)26(23(27)19-5-6-19)13-1-2-18(15-25)16-26/h1-4,7-12,16,19H,5-6,13,15,25H2/q+1. The van der Waals surface area contributed by atoms with Gasteiger partial charge in [-0.2, -0.15) is 9.74 Å². The Bertz CT molecular complexity index is 980. The lowest BCUT2D eigenvalue weighted by atomic mass is 10.1. The fraction of sp³-hybridized carbons (Fsp3) is 0.217.